The molecular weight excluding hydrogens is 296 g/mol. The Morgan fingerprint density at radius 3 is 1.83 bits per heavy atom. The Kier molecular flexibility index (Phi) is 5.46. The Labute approximate surface area is 133 Å². The minimum Gasteiger partial charge on any atom is -0.478 e. The third kappa shape index (κ3) is 4.96. The van der Waals surface area contributed by atoms with Crippen molar-refractivity contribution in [2.24, 2.45) is 0 Å². The number of aromatic nitrogens is 1. The number of rotatable bonds is 3. The van der Waals surface area contributed by atoms with Crippen LogP contribution in [0.2, 0.25) is 0 Å². The van der Waals surface area contributed by atoms with Crippen LogP contribution in [0.5, 0.6) is 0 Å². The molecule has 6 heteroatoms. The Morgan fingerprint density at radius 2 is 1.39 bits per heavy atom. The van der Waals surface area contributed by atoms with Crippen molar-refractivity contribution in [3.05, 3.63) is 72.1 Å². The Balaban J connectivity index is 0.000000207. The van der Waals surface area contributed by atoms with Gasteiger partial charge in [-0.05, 0) is 23.3 Å². The van der Waals surface area contributed by atoms with Crippen molar-refractivity contribution in [3.8, 4) is 0 Å². The van der Waals surface area contributed by atoms with Crippen LogP contribution in [0.4, 0.5) is 5.69 Å². The number of hydrogen-bond donors (Lipinski definition) is 2. The summed E-state index contributed by atoms with van der Waals surface area (Å²) >= 11 is 0. The van der Waals surface area contributed by atoms with Crippen LogP contribution in [0.3, 0.4) is 0 Å². The second kappa shape index (κ2) is 7.74. The predicted molar refractivity (Wildman–Crippen MR) is 85.0 cm³/mol. The van der Waals surface area contributed by atoms with Gasteiger partial charge in [0, 0.05) is 43.3 Å². The molecule has 0 bridgehead atoms. The van der Waals surface area contributed by atoms with Crippen LogP contribution in [0.1, 0.15) is 11.1 Å². The zero-order valence-corrected chi connectivity index (χ0v) is 12.3. The molecule has 3 rings (SSSR count). The van der Waals surface area contributed by atoms with Crippen molar-refractivity contribution in [1.29, 1.82) is 0 Å². The number of pyridine rings is 1. The Bertz CT molecular complexity index is 673. The second-order valence-electron chi connectivity index (χ2n) is 4.84. The molecule has 1 aromatic carbocycles. The van der Waals surface area contributed by atoms with Crippen LogP contribution in [-0.2, 0) is 22.7 Å². The minimum atomic E-state index is -1.26. The summed E-state index contributed by atoms with van der Waals surface area (Å²) in [6.07, 6.45) is 4.81. The molecule has 23 heavy (non-hydrogen) atoms. The van der Waals surface area contributed by atoms with Crippen LogP contribution in [0.15, 0.2) is 60.9 Å². The maximum atomic E-state index is 9.55. The van der Waals surface area contributed by atoms with E-state index in [1.165, 1.54) is 16.8 Å². The van der Waals surface area contributed by atoms with Gasteiger partial charge in [-0.25, -0.2) is 9.59 Å². The fraction of sp³-hybridized carbons (Fsp3) is 0.118. The highest BCUT2D eigenvalue weighted by molar-refractivity contribution is 5.89. The number of carboxylic acids is 2. The topological polar surface area (TPSA) is 90.7 Å². The average Bonchev–Trinajstić information content (AvgIpc) is 2.98. The summed E-state index contributed by atoms with van der Waals surface area (Å²) in [6.45, 7) is 2.03. The molecular formula is C17H16N2O4. The zero-order chi connectivity index (χ0) is 16.7. The molecule has 0 atom stereocenters. The Hall–Kier alpha value is -3.15. The van der Waals surface area contributed by atoms with E-state index in [1.807, 2.05) is 12.4 Å². The van der Waals surface area contributed by atoms with Crippen molar-refractivity contribution in [1.82, 2.24) is 4.98 Å². The summed E-state index contributed by atoms with van der Waals surface area (Å²) in [5.41, 5.74) is 4.13. The molecule has 1 aromatic heterocycles. The van der Waals surface area contributed by atoms with Gasteiger partial charge in [0.2, 0.25) is 0 Å². The molecule has 0 unspecified atom stereocenters. The van der Waals surface area contributed by atoms with E-state index in [4.69, 9.17) is 10.2 Å². The highest BCUT2D eigenvalue weighted by atomic mass is 16.4. The number of aliphatic carboxylic acids is 2. The minimum absolute atomic E-state index is 0.558. The molecule has 0 fully saturated rings. The first kappa shape index (κ1) is 16.2. The fourth-order valence-electron chi connectivity index (χ4n) is 2.21. The van der Waals surface area contributed by atoms with Gasteiger partial charge < -0.3 is 15.1 Å². The summed E-state index contributed by atoms with van der Waals surface area (Å²) in [6, 6.07) is 12.7. The maximum Gasteiger partial charge on any atom is 0.328 e. The number of carboxylic acid groups (broad SMARTS) is 2. The lowest BCUT2D eigenvalue weighted by atomic mass is 10.1. The van der Waals surface area contributed by atoms with E-state index in [0.717, 1.165) is 13.1 Å². The normalized spacial score (nSPS) is 12.4. The van der Waals surface area contributed by atoms with Gasteiger partial charge in [0.1, 0.15) is 0 Å². The first-order valence-electron chi connectivity index (χ1n) is 6.92. The van der Waals surface area contributed by atoms with Gasteiger partial charge in [-0.2, -0.15) is 0 Å². The number of fused-ring (bicyclic) bond motifs is 1. The maximum absolute atomic E-state index is 9.55. The van der Waals surface area contributed by atoms with Crippen molar-refractivity contribution < 1.29 is 19.8 Å². The molecule has 0 spiro atoms. The van der Waals surface area contributed by atoms with Crippen molar-refractivity contribution >= 4 is 17.6 Å². The smallest absolute Gasteiger partial charge is 0.328 e. The van der Waals surface area contributed by atoms with Gasteiger partial charge in [-0.1, -0.05) is 24.3 Å². The average molecular weight is 312 g/mol. The van der Waals surface area contributed by atoms with Gasteiger partial charge in [0.25, 0.3) is 0 Å². The molecule has 1 aliphatic rings. The van der Waals surface area contributed by atoms with Gasteiger partial charge in [0.15, 0.2) is 0 Å². The molecule has 0 saturated heterocycles. The molecule has 0 radical (unpaired) electrons. The van der Waals surface area contributed by atoms with E-state index in [-0.39, 0.29) is 0 Å². The number of nitrogens with zero attached hydrogens (tertiary/aromatic N) is 2. The first-order chi connectivity index (χ1) is 11.1. The standard InChI is InChI=1S/C13H12N2.C4H4O4/c1-2-4-12-10-15(9-11(12)3-1)13-5-7-14-8-6-13;5-3(6)1-2-4(7)8/h1-8H,9-10H2;1-2H,(H,5,6)(H,7,8)/b;2-1-. The first-order valence-corrected chi connectivity index (χ1v) is 6.92. The lowest BCUT2D eigenvalue weighted by Crippen LogP contribution is -2.14. The summed E-state index contributed by atoms with van der Waals surface area (Å²) in [4.78, 5) is 25.5. The molecule has 118 valence electrons. The lowest BCUT2D eigenvalue weighted by Gasteiger charge is -2.16. The van der Waals surface area contributed by atoms with E-state index in [0.29, 0.717) is 12.2 Å². The van der Waals surface area contributed by atoms with E-state index in [2.05, 4.69) is 46.3 Å². The second-order valence-corrected chi connectivity index (χ2v) is 4.84. The van der Waals surface area contributed by atoms with E-state index in [1.54, 1.807) is 0 Å². The van der Waals surface area contributed by atoms with E-state index in [9.17, 15) is 9.59 Å². The van der Waals surface area contributed by atoms with Crippen LogP contribution in [0, 0.1) is 0 Å². The van der Waals surface area contributed by atoms with Gasteiger partial charge in [-0.3, -0.25) is 4.98 Å². The highest BCUT2D eigenvalue weighted by Crippen LogP contribution is 2.27. The molecule has 2 heterocycles. The summed E-state index contributed by atoms with van der Waals surface area (Å²) in [5, 5.41) is 15.6. The largest absolute Gasteiger partial charge is 0.478 e. The predicted octanol–water partition coefficient (Wildman–Crippen LogP) is 2.31. The van der Waals surface area contributed by atoms with Crippen molar-refractivity contribution in [2.45, 2.75) is 13.1 Å². The van der Waals surface area contributed by atoms with Gasteiger partial charge >= 0.3 is 11.9 Å². The van der Waals surface area contributed by atoms with E-state index >= 15 is 0 Å². The molecule has 1 aliphatic heterocycles. The fourth-order valence-corrected chi connectivity index (χ4v) is 2.21. The van der Waals surface area contributed by atoms with Crippen molar-refractivity contribution in [2.75, 3.05) is 4.90 Å². The quantitative estimate of drug-likeness (QED) is 0.845. The zero-order valence-electron chi connectivity index (χ0n) is 12.3. The summed E-state index contributed by atoms with van der Waals surface area (Å²) in [7, 11) is 0. The summed E-state index contributed by atoms with van der Waals surface area (Å²) in [5.74, 6) is -2.51. The van der Waals surface area contributed by atoms with Crippen LogP contribution < -0.4 is 4.90 Å². The van der Waals surface area contributed by atoms with Crippen LogP contribution in [-0.4, -0.2) is 27.1 Å². The van der Waals surface area contributed by atoms with Gasteiger partial charge in [-0.15, -0.1) is 0 Å². The molecule has 0 aliphatic carbocycles. The number of benzene rings is 1. The molecule has 2 N–H and O–H groups in total. The number of carbonyl (C=O) groups is 2. The molecule has 6 nitrogen and oxygen atoms in total. The van der Waals surface area contributed by atoms with Crippen LogP contribution >= 0.6 is 0 Å². The number of anilines is 1. The van der Waals surface area contributed by atoms with E-state index < -0.39 is 11.9 Å². The third-order valence-electron chi connectivity index (χ3n) is 3.24. The van der Waals surface area contributed by atoms with Crippen molar-refractivity contribution in [3.63, 3.8) is 0 Å². The van der Waals surface area contributed by atoms with Crippen LogP contribution in [0.25, 0.3) is 0 Å². The molecule has 0 saturated carbocycles. The van der Waals surface area contributed by atoms with Gasteiger partial charge in [0.05, 0.1) is 0 Å². The lowest BCUT2D eigenvalue weighted by molar-refractivity contribution is -0.134. The highest BCUT2D eigenvalue weighted by Gasteiger charge is 2.17. The summed E-state index contributed by atoms with van der Waals surface area (Å²) < 4.78 is 0. The number of hydrogen-bond acceptors (Lipinski definition) is 4. The molecule has 2 aromatic rings. The monoisotopic (exact) mass is 312 g/mol. The Morgan fingerprint density at radius 1 is 0.913 bits per heavy atom. The SMILES string of the molecule is O=C(O)/C=C\C(=O)O.c1ccc2c(c1)CN(c1ccncc1)C2. The third-order valence-corrected chi connectivity index (χ3v) is 3.24. The molecule has 0 amide bonds.